The van der Waals surface area contributed by atoms with Crippen LogP contribution in [0.15, 0.2) is 0 Å². The predicted octanol–water partition coefficient (Wildman–Crippen LogP) is 0.609. The Morgan fingerprint density at radius 3 is 2.90 bits per heavy atom. The van der Waals surface area contributed by atoms with E-state index in [0.717, 1.165) is 25.6 Å². The van der Waals surface area contributed by atoms with Gasteiger partial charge in [0.2, 0.25) is 0 Å². The number of hydrogen-bond acceptors (Lipinski definition) is 1. The molecule has 1 fully saturated rings. The highest BCUT2D eigenvalue weighted by molar-refractivity contribution is 4.73. The van der Waals surface area contributed by atoms with E-state index in [-0.39, 0.29) is 0 Å². The highest BCUT2D eigenvalue weighted by Gasteiger charge is 2.14. The first kappa shape index (κ1) is 8.02. The van der Waals surface area contributed by atoms with Gasteiger partial charge < -0.3 is 5.32 Å². The van der Waals surface area contributed by atoms with Crippen molar-refractivity contribution in [1.29, 1.82) is 0 Å². The van der Waals surface area contributed by atoms with E-state index < -0.39 is 0 Å². The number of rotatable bonds is 3. The molecule has 1 unspecified atom stereocenters. The van der Waals surface area contributed by atoms with Gasteiger partial charge in [-0.15, -0.1) is 0 Å². The molecule has 0 aromatic heterocycles. The summed E-state index contributed by atoms with van der Waals surface area (Å²) in [4.78, 5) is 0. The summed E-state index contributed by atoms with van der Waals surface area (Å²) in [5.41, 5.74) is 0. The Bertz CT molecular complexity index is 85.3. The average Bonchev–Trinajstić information content (AvgIpc) is 2.34. The molecule has 2 nitrogen and oxygen atoms in total. The number of nitrogens with zero attached hydrogens (tertiary/aromatic N) is 1. The van der Waals surface area contributed by atoms with E-state index in [0.29, 0.717) is 6.04 Å². The molecule has 1 heterocycles. The van der Waals surface area contributed by atoms with E-state index in [1.807, 2.05) is 0 Å². The summed E-state index contributed by atoms with van der Waals surface area (Å²) in [5, 5.41) is 7.73. The fourth-order valence-electron chi connectivity index (χ4n) is 1.21. The third-order valence-corrected chi connectivity index (χ3v) is 1.90. The molecule has 0 amide bonds. The minimum Gasteiger partial charge on any atom is -0.314 e. The van der Waals surface area contributed by atoms with Gasteiger partial charge >= 0.3 is 0 Å². The van der Waals surface area contributed by atoms with Crippen LogP contribution >= 0.6 is 0 Å². The molecule has 0 bridgehead atoms. The van der Waals surface area contributed by atoms with Gasteiger partial charge in [0.1, 0.15) is 0 Å². The maximum atomic E-state index is 4.30. The van der Waals surface area contributed by atoms with E-state index in [1.165, 1.54) is 6.42 Å². The normalized spacial score (nSPS) is 26.1. The summed E-state index contributed by atoms with van der Waals surface area (Å²) < 4.78 is 0. The van der Waals surface area contributed by atoms with Crippen LogP contribution in [0, 0.1) is 5.92 Å². The van der Waals surface area contributed by atoms with E-state index in [2.05, 4.69) is 24.5 Å². The van der Waals surface area contributed by atoms with E-state index in [4.69, 9.17) is 0 Å². The Hall–Kier alpha value is -0.0800. The van der Waals surface area contributed by atoms with Crippen molar-refractivity contribution in [2.75, 3.05) is 19.6 Å². The largest absolute Gasteiger partial charge is 0.314 e. The molecule has 1 saturated heterocycles. The van der Waals surface area contributed by atoms with Gasteiger partial charge in [0, 0.05) is 19.1 Å². The van der Waals surface area contributed by atoms with Crippen LogP contribution in [0.1, 0.15) is 20.3 Å². The Morgan fingerprint density at radius 2 is 2.40 bits per heavy atom. The van der Waals surface area contributed by atoms with Crippen molar-refractivity contribution in [3.63, 3.8) is 0 Å². The van der Waals surface area contributed by atoms with Crippen molar-refractivity contribution >= 4 is 0 Å². The Balaban J connectivity index is 2.01. The van der Waals surface area contributed by atoms with E-state index >= 15 is 0 Å². The fraction of sp³-hybridized carbons (Fsp3) is 1.00. The topological polar surface area (TPSA) is 26.1 Å². The monoisotopic (exact) mass is 141 g/mol. The van der Waals surface area contributed by atoms with Crippen LogP contribution in [-0.4, -0.2) is 25.7 Å². The number of hydrogen-bond donors (Lipinski definition) is 1. The zero-order chi connectivity index (χ0) is 7.40. The summed E-state index contributed by atoms with van der Waals surface area (Å²) in [6, 6.07) is 0.626. The first-order valence-electron chi connectivity index (χ1n) is 4.15. The Kier molecular flexibility index (Phi) is 3.16. The summed E-state index contributed by atoms with van der Waals surface area (Å²) in [6.45, 7) is 7.70. The average molecular weight is 141 g/mol. The van der Waals surface area contributed by atoms with Crippen molar-refractivity contribution in [3.8, 4) is 0 Å². The predicted molar refractivity (Wildman–Crippen MR) is 43.1 cm³/mol. The minimum absolute atomic E-state index is 0.626. The quantitative estimate of drug-likeness (QED) is 0.612. The Morgan fingerprint density at radius 1 is 1.60 bits per heavy atom. The van der Waals surface area contributed by atoms with E-state index in [1.54, 1.807) is 0 Å². The SMILES string of the molecule is CC(C)NCC1CC[N]C1. The first-order chi connectivity index (χ1) is 4.79. The maximum absolute atomic E-state index is 4.30. The number of nitrogens with one attached hydrogen (secondary N) is 1. The molecule has 0 aromatic rings. The van der Waals surface area contributed by atoms with Gasteiger partial charge in [-0.2, -0.15) is 0 Å². The zero-order valence-electron chi connectivity index (χ0n) is 6.93. The Labute approximate surface area is 63.4 Å². The van der Waals surface area contributed by atoms with Crippen LogP contribution in [0.3, 0.4) is 0 Å². The molecule has 1 radical (unpaired) electrons. The van der Waals surface area contributed by atoms with Gasteiger partial charge in [-0.25, -0.2) is 5.32 Å². The third kappa shape index (κ3) is 2.67. The van der Waals surface area contributed by atoms with Gasteiger partial charge in [-0.3, -0.25) is 0 Å². The van der Waals surface area contributed by atoms with Crippen molar-refractivity contribution in [1.82, 2.24) is 10.6 Å². The molecule has 0 saturated carbocycles. The summed E-state index contributed by atoms with van der Waals surface area (Å²) in [7, 11) is 0. The van der Waals surface area contributed by atoms with Crippen LogP contribution in [0.2, 0.25) is 0 Å². The standard InChI is InChI=1S/C8H17N2/c1-7(2)10-6-8-3-4-9-5-8/h7-8,10H,3-6H2,1-2H3. The molecule has 2 heteroatoms. The summed E-state index contributed by atoms with van der Waals surface area (Å²) in [5.74, 6) is 0.822. The van der Waals surface area contributed by atoms with E-state index in [9.17, 15) is 0 Å². The maximum Gasteiger partial charge on any atom is 0.0174 e. The van der Waals surface area contributed by atoms with Crippen molar-refractivity contribution in [3.05, 3.63) is 0 Å². The van der Waals surface area contributed by atoms with Crippen molar-refractivity contribution < 1.29 is 0 Å². The summed E-state index contributed by atoms with van der Waals surface area (Å²) >= 11 is 0. The van der Waals surface area contributed by atoms with Crippen LogP contribution in [0.25, 0.3) is 0 Å². The molecule has 1 atom stereocenters. The molecule has 1 aliphatic rings. The fourth-order valence-corrected chi connectivity index (χ4v) is 1.21. The highest BCUT2D eigenvalue weighted by atomic mass is 14.9. The molecular weight excluding hydrogens is 124 g/mol. The van der Waals surface area contributed by atoms with Crippen LogP contribution < -0.4 is 10.6 Å². The highest BCUT2D eigenvalue weighted by Crippen LogP contribution is 2.06. The molecular formula is C8H17N2. The first-order valence-corrected chi connectivity index (χ1v) is 4.15. The molecule has 1 N–H and O–H groups in total. The molecule has 1 rings (SSSR count). The minimum atomic E-state index is 0.626. The van der Waals surface area contributed by atoms with Gasteiger partial charge in [0.15, 0.2) is 0 Å². The smallest absolute Gasteiger partial charge is 0.0174 e. The third-order valence-electron chi connectivity index (χ3n) is 1.90. The van der Waals surface area contributed by atoms with Gasteiger partial charge in [0.05, 0.1) is 0 Å². The summed E-state index contributed by atoms with van der Waals surface area (Å²) in [6.07, 6.45) is 1.29. The lowest BCUT2D eigenvalue weighted by molar-refractivity contribution is 0.477. The second kappa shape index (κ2) is 3.94. The van der Waals surface area contributed by atoms with Gasteiger partial charge in [0.25, 0.3) is 0 Å². The second-order valence-corrected chi connectivity index (χ2v) is 3.35. The molecule has 59 valence electrons. The zero-order valence-corrected chi connectivity index (χ0v) is 6.93. The van der Waals surface area contributed by atoms with Crippen LogP contribution in [-0.2, 0) is 0 Å². The molecule has 0 spiro atoms. The van der Waals surface area contributed by atoms with Crippen molar-refractivity contribution in [2.24, 2.45) is 5.92 Å². The molecule has 0 aromatic carbocycles. The lowest BCUT2D eigenvalue weighted by atomic mass is 10.1. The van der Waals surface area contributed by atoms with Gasteiger partial charge in [-0.1, -0.05) is 13.8 Å². The van der Waals surface area contributed by atoms with Crippen LogP contribution in [0.5, 0.6) is 0 Å². The lowest BCUT2D eigenvalue weighted by Crippen LogP contribution is -2.29. The molecule has 10 heavy (non-hydrogen) atoms. The second-order valence-electron chi connectivity index (χ2n) is 3.35. The van der Waals surface area contributed by atoms with Gasteiger partial charge in [-0.05, 0) is 18.9 Å². The lowest BCUT2D eigenvalue weighted by Gasteiger charge is -2.11. The van der Waals surface area contributed by atoms with Crippen LogP contribution in [0.4, 0.5) is 0 Å². The molecule has 0 aliphatic carbocycles. The van der Waals surface area contributed by atoms with Crippen molar-refractivity contribution in [2.45, 2.75) is 26.3 Å². The molecule has 1 aliphatic heterocycles.